The van der Waals surface area contributed by atoms with E-state index in [1.165, 1.54) is 12.4 Å². The zero-order valence-corrected chi connectivity index (χ0v) is 16.2. The molecule has 0 atom stereocenters. The number of hydrogen-bond acceptors (Lipinski definition) is 2. The zero-order chi connectivity index (χ0) is 20.4. The van der Waals surface area contributed by atoms with Crippen LogP contribution in [0.25, 0.3) is 5.70 Å². The van der Waals surface area contributed by atoms with Crippen LogP contribution in [0.15, 0.2) is 64.3 Å². The number of benzene rings is 1. The van der Waals surface area contributed by atoms with E-state index >= 15 is 0 Å². The maximum Gasteiger partial charge on any atom is 0.416 e. The van der Waals surface area contributed by atoms with Crippen LogP contribution in [0.4, 0.5) is 13.2 Å². The van der Waals surface area contributed by atoms with Crippen molar-refractivity contribution in [3.63, 3.8) is 0 Å². The summed E-state index contributed by atoms with van der Waals surface area (Å²) in [6.07, 6.45) is 1.32. The second kappa shape index (κ2) is 10.5. The van der Waals surface area contributed by atoms with Crippen LogP contribution >= 0.6 is 0 Å². The lowest BCUT2D eigenvalue weighted by atomic mass is 10.00. The Morgan fingerprint density at radius 3 is 2.52 bits per heavy atom. The Kier molecular flexibility index (Phi) is 8.72. The van der Waals surface area contributed by atoms with E-state index in [4.69, 9.17) is 0 Å². The third-order valence-electron chi connectivity index (χ3n) is 3.60. The number of rotatable bonds is 8. The molecule has 0 aromatic heterocycles. The van der Waals surface area contributed by atoms with Gasteiger partial charge in [-0.3, -0.25) is 9.98 Å². The lowest BCUT2D eigenvalue weighted by molar-refractivity contribution is -0.137. The zero-order valence-electron chi connectivity index (χ0n) is 16.2. The van der Waals surface area contributed by atoms with Gasteiger partial charge in [-0.05, 0) is 62.1 Å². The topological polar surface area (TPSA) is 36.8 Å². The van der Waals surface area contributed by atoms with Gasteiger partial charge < -0.3 is 5.32 Å². The first-order valence-electron chi connectivity index (χ1n) is 8.67. The second-order valence-corrected chi connectivity index (χ2v) is 6.18. The number of halogens is 3. The van der Waals surface area contributed by atoms with Crippen LogP contribution in [0.5, 0.6) is 0 Å². The van der Waals surface area contributed by atoms with Gasteiger partial charge in [-0.2, -0.15) is 13.2 Å². The number of aliphatic imine (C=N–C) groups is 2. The third-order valence-corrected chi connectivity index (χ3v) is 3.60. The Hall–Kier alpha value is -2.63. The molecule has 6 heteroatoms. The fourth-order valence-electron chi connectivity index (χ4n) is 2.12. The summed E-state index contributed by atoms with van der Waals surface area (Å²) < 4.78 is 39.2. The molecule has 0 saturated heterocycles. The molecule has 0 aliphatic heterocycles. The largest absolute Gasteiger partial charge is 0.416 e. The highest BCUT2D eigenvalue weighted by Gasteiger charge is 2.30. The van der Waals surface area contributed by atoms with Gasteiger partial charge in [-0.1, -0.05) is 25.6 Å². The van der Waals surface area contributed by atoms with Crippen LogP contribution in [-0.4, -0.2) is 18.6 Å². The van der Waals surface area contributed by atoms with Crippen molar-refractivity contribution in [3.8, 4) is 0 Å². The number of nitrogens with one attached hydrogen (secondary N) is 1. The summed E-state index contributed by atoms with van der Waals surface area (Å²) >= 11 is 0. The predicted octanol–water partition coefficient (Wildman–Crippen LogP) is 6.02. The lowest BCUT2D eigenvalue weighted by Crippen LogP contribution is -2.14. The summed E-state index contributed by atoms with van der Waals surface area (Å²) in [4.78, 5) is 8.36. The summed E-state index contributed by atoms with van der Waals surface area (Å²) in [6, 6.07) is 5.18. The van der Waals surface area contributed by atoms with E-state index in [-0.39, 0.29) is 0 Å². The Morgan fingerprint density at radius 1 is 1.22 bits per heavy atom. The van der Waals surface area contributed by atoms with E-state index in [1.54, 1.807) is 25.3 Å². The van der Waals surface area contributed by atoms with Gasteiger partial charge in [0.15, 0.2) is 0 Å². The molecule has 3 nitrogen and oxygen atoms in total. The van der Waals surface area contributed by atoms with E-state index in [2.05, 4.69) is 21.9 Å². The molecule has 1 aromatic rings. The molecular formula is C21H26F3N3. The molecule has 0 fully saturated rings. The minimum atomic E-state index is -4.41. The fourth-order valence-corrected chi connectivity index (χ4v) is 2.12. The average Bonchev–Trinajstić information content (AvgIpc) is 2.60. The van der Waals surface area contributed by atoms with Gasteiger partial charge in [0.05, 0.1) is 11.9 Å². The van der Waals surface area contributed by atoms with Gasteiger partial charge in [0.1, 0.15) is 0 Å². The van der Waals surface area contributed by atoms with Crippen molar-refractivity contribution in [2.75, 3.05) is 6.54 Å². The number of nitrogens with zero attached hydrogens (tertiary/aromatic N) is 2. The fraction of sp³-hybridized carbons (Fsp3) is 0.333. The molecule has 0 bridgehead atoms. The van der Waals surface area contributed by atoms with Gasteiger partial charge in [0.25, 0.3) is 0 Å². The first-order valence-corrected chi connectivity index (χ1v) is 8.67. The Morgan fingerprint density at radius 2 is 1.93 bits per heavy atom. The highest BCUT2D eigenvalue weighted by Crippen LogP contribution is 2.31. The normalized spacial score (nSPS) is 13.0. The molecule has 0 heterocycles. The monoisotopic (exact) mass is 377 g/mol. The summed E-state index contributed by atoms with van der Waals surface area (Å²) in [6.45, 7) is 12.2. The maximum atomic E-state index is 13.1. The molecule has 0 radical (unpaired) electrons. The maximum absolute atomic E-state index is 13.1. The van der Waals surface area contributed by atoms with E-state index in [9.17, 15) is 13.2 Å². The van der Waals surface area contributed by atoms with E-state index in [0.717, 1.165) is 24.3 Å². The molecular weight excluding hydrogens is 351 g/mol. The van der Waals surface area contributed by atoms with Crippen molar-refractivity contribution in [1.29, 1.82) is 0 Å². The van der Waals surface area contributed by atoms with Crippen molar-refractivity contribution in [2.45, 2.75) is 40.3 Å². The van der Waals surface area contributed by atoms with Crippen LogP contribution in [0.1, 0.15) is 45.2 Å². The van der Waals surface area contributed by atoms with Gasteiger partial charge in [0.2, 0.25) is 0 Å². The number of hydrogen-bond donors (Lipinski definition) is 1. The summed E-state index contributed by atoms with van der Waals surface area (Å²) in [5.74, 6) is 0. The molecule has 1 aromatic carbocycles. The first kappa shape index (κ1) is 22.4. The molecule has 27 heavy (non-hydrogen) atoms. The van der Waals surface area contributed by atoms with Crippen LogP contribution < -0.4 is 5.32 Å². The molecule has 0 spiro atoms. The smallest absolute Gasteiger partial charge is 0.346 e. The summed E-state index contributed by atoms with van der Waals surface area (Å²) in [7, 11) is 0. The quantitative estimate of drug-likeness (QED) is 0.336. The minimum Gasteiger partial charge on any atom is -0.346 e. The lowest BCUT2D eigenvalue weighted by Gasteiger charge is -2.15. The van der Waals surface area contributed by atoms with Gasteiger partial charge in [-0.25, -0.2) is 0 Å². The van der Waals surface area contributed by atoms with Gasteiger partial charge in [0, 0.05) is 24.2 Å². The molecule has 146 valence electrons. The van der Waals surface area contributed by atoms with Crippen LogP contribution in [-0.2, 0) is 6.18 Å². The Labute approximate surface area is 159 Å². The Bertz CT molecular complexity index is 765. The molecule has 1 N–H and O–H groups in total. The van der Waals surface area contributed by atoms with Crippen molar-refractivity contribution >= 4 is 17.7 Å². The van der Waals surface area contributed by atoms with Crippen molar-refractivity contribution < 1.29 is 13.2 Å². The molecule has 0 aliphatic carbocycles. The van der Waals surface area contributed by atoms with E-state index < -0.39 is 11.7 Å². The van der Waals surface area contributed by atoms with Crippen LogP contribution in [0, 0.1) is 0 Å². The highest BCUT2D eigenvalue weighted by atomic mass is 19.4. The van der Waals surface area contributed by atoms with Crippen molar-refractivity contribution in [1.82, 2.24) is 5.32 Å². The third kappa shape index (κ3) is 7.64. The highest BCUT2D eigenvalue weighted by molar-refractivity contribution is 5.81. The summed E-state index contributed by atoms with van der Waals surface area (Å²) in [5.41, 5.74) is 2.47. The molecule has 0 amide bonds. The first-order chi connectivity index (χ1) is 12.7. The van der Waals surface area contributed by atoms with Crippen LogP contribution in [0.3, 0.4) is 0 Å². The van der Waals surface area contributed by atoms with Gasteiger partial charge in [-0.15, -0.1) is 0 Å². The standard InChI is InChI=1S/C21H26F3N3/c1-6-11-25-14-27-20(17(5)16(4)10-12-26-15(2)3)18-8-7-9-19(13-18)21(22,23)24/h7-10,12-14H,4,6,11H2,1-3,5H3,(H,25,27)/b12-10-,20-17+. The molecule has 0 saturated carbocycles. The number of allylic oxidation sites excluding steroid dienone is 3. The second-order valence-electron chi connectivity index (χ2n) is 6.18. The minimum absolute atomic E-state index is 0.412. The molecule has 1 rings (SSSR count). The van der Waals surface area contributed by atoms with Crippen molar-refractivity contribution in [2.24, 2.45) is 9.98 Å². The molecule has 0 unspecified atom stereocenters. The van der Waals surface area contributed by atoms with E-state index in [1.807, 2.05) is 20.8 Å². The summed E-state index contributed by atoms with van der Waals surface area (Å²) in [5, 5.41) is 3.02. The SMILES string of the molecule is C=C(/C=C\N=C(C)C)/C(C)=C(/NC=NCCC)c1cccc(C(F)(F)F)c1. The predicted molar refractivity (Wildman–Crippen MR) is 108 cm³/mol. The Balaban J connectivity index is 3.33. The van der Waals surface area contributed by atoms with Gasteiger partial charge >= 0.3 is 6.18 Å². The molecule has 0 aliphatic rings. The average molecular weight is 377 g/mol. The van der Waals surface area contributed by atoms with Crippen molar-refractivity contribution in [3.05, 3.63) is 65.4 Å². The van der Waals surface area contributed by atoms with Crippen LogP contribution in [0.2, 0.25) is 0 Å². The van der Waals surface area contributed by atoms with E-state index in [0.29, 0.717) is 29.0 Å². The number of alkyl halides is 3.